The summed E-state index contributed by atoms with van der Waals surface area (Å²) in [4.78, 5) is 0. The molecule has 0 aromatic carbocycles. The largest absolute Gasteiger partial charge is 0.402 e. The molecule has 0 saturated heterocycles. The van der Waals surface area contributed by atoms with E-state index in [1.807, 2.05) is 0 Å². The van der Waals surface area contributed by atoms with Crippen molar-refractivity contribution in [1.29, 1.82) is 0 Å². The van der Waals surface area contributed by atoms with E-state index < -0.39 is 10.0 Å². The highest BCUT2D eigenvalue weighted by Gasteiger charge is 1.67. The van der Waals surface area contributed by atoms with Gasteiger partial charge in [-0.1, -0.05) is 0 Å². The molecule has 0 bridgehead atoms. The van der Waals surface area contributed by atoms with Crippen molar-refractivity contribution < 1.29 is 8.85 Å². The third-order valence-corrected chi connectivity index (χ3v) is 0.707. The maximum atomic E-state index is 4.61. The summed E-state index contributed by atoms with van der Waals surface area (Å²) in [6.45, 7) is 0. The fourth-order valence-corrected chi connectivity index (χ4v) is 0.354. The van der Waals surface area contributed by atoms with Gasteiger partial charge >= 0.3 is 10.0 Å². The summed E-state index contributed by atoms with van der Waals surface area (Å²) in [6.07, 6.45) is 0. The van der Waals surface area contributed by atoms with Gasteiger partial charge in [-0.05, 0) is 11.0 Å². The molecule has 0 aliphatic heterocycles. The highest BCUT2D eigenvalue weighted by Crippen LogP contribution is 1.55. The first-order valence-electron chi connectivity index (χ1n) is 1.39. The summed E-state index contributed by atoms with van der Waals surface area (Å²) >= 11 is 0. The van der Waals surface area contributed by atoms with Gasteiger partial charge in [0.05, 0.1) is 0 Å². The Hall–Kier alpha value is 0.354. The van der Waals surface area contributed by atoms with Crippen LogP contribution in [-0.4, -0.2) is 35.2 Å². The van der Waals surface area contributed by atoms with Crippen LogP contribution in [0.3, 0.4) is 0 Å². The molecular formula is C2H12O2Si2. The molecule has 0 radical (unpaired) electrons. The maximum absolute atomic E-state index is 4.61. The first-order valence-corrected chi connectivity index (χ1v) is 2.55. The minimum absolute atomic E-state index is 0. The Bertz CT molecular complexity index is 17.0. The molecule has 0 aliphatic rings. The van der Waals surface area contributed by atoms with Crippen LogP contribution in [-0.2, 0) is 8.85 Å². The molecule has 4 heteroatoms. The molecule has 0 spiro atoms. The molecule has 0 aromatic heterocycles. The van der Waals surface area contributed by atoms with Gasteiger partial charge < -0.3 is 8.85 Å². The van der Waals surface area contributed by atoms with Crippen molar-refractivity contribution in [2.45, 2.75) is 0 Å². The third kappa shape index (κ3) is 8.84. The second-order valence-electron chi connectivity index (χ2n) is 0.695. The summed E-state index contributed by atoms with van der Waals surface area (Å²) < 4.78 is 9.22. The minimum atomic E-state index is -0.568. The fourth-order valence-electron chi connectivity index (χ4n) is 0.118. The van der Waals surface area contributed by atoms with Gasteiger partial charge in [-0.2, -0.15) is 0 Å². The van der Waals surface area contributed by atoms with Crippen molar-refractivity contribution in [3.8, 4) is 0 Å². The molecule has 0 fully saturated rings. The average molecular weight is 124 g/mol. The van der Waals surface area contributed by atoms with Gasteiger partial charge in [-0.3, -0.25) is 0 Å². The van der Waals surface area contributed by atoms with Gasteiger partial charge in [0, 0.05) is 14.2 Å². The lowest BCUT2D eigenvalue weighted by Crippen LogP contribution is -1.93. The molecule has 2 nitrogen and oxygen atoms in total. The molecule has 6 heavy (non-hydrogen) atoms. The molecule has 0 amide bonds. The van der Waals surface area contributed by atoms with Crippen molar-refractivity contribution in [3.63, 3.8) is 0 Å². The molecule has 0 saturated carbocycles. The van der Waals surface area contributed by atoms with E-state index in [2.05, 4.69) is 8.85 Å². The van der Waals surface area contributed by atoms with E-state index in [4.69, 9.17) is 0 Å². The van der Waals surface area contributed by atoms with Crippen LogP contribution >= 0.6 is 0 Å². The second kappa shape index (κ2) is 9.02. The summed E-state index contributed by atoms with van der Waals surface area (Å²) in [5, 5.41) is 0. The molecule has 40 valence electrons. The second-order valence-corrected chi connectivity index (χ2v) is 2.09. The minimum Gasteiger partial charge on any atom is -0.402 e. The summed E-state index contributed by atoms with van der Waals surface area (Å²) in [5.74, 6) is 0. The van der Waals surface area contributed by atoms with Gasteiger partial charge in [-0.15, -0.1) is 0 Å². The molecule has 0 N–H and O–H groups in total. The smallest absolute Gasteiger partial charge is 0.303 e. The van der Waals surface area contributed by atoms with Crippen LogP contribution in [0.1, 0.15) is 0 Å². The van der Waals surface area contributed by atoms with E-state index in [1.54, 1.807) is 14.2 Å². The Morgan fingerprint density at radius 2 is 1.50 bits per heavy atom. The summed E-state index contributed by atoms with van der Waals surface area (Å²) in [7, 11) is 2.73. The van der Waals surface area contributed by atoms with Gasteiger partial charge in [-0.25, -0.2) is 0 Å². The lowest BCUT2D eigenvalue weighted by molar-refractivity contribution is 0.309. The predicted octanol–water partition coefficient (Wildman–Crippen LogP) is -2.17. The van der Waals surface area contributed by atoms with Crippen LogP contribution in [0.2, 0.25) is 0 Å². The Morgan fingerprint density at radius 3 is 1.50 bits per heavy atom. The Balaban J connectivity index is 0. The number of rotatable bonds is 2. The zero-order valence-corrected chi connectivity index (χ0v) is 4.94. The predicted molar refractivity (Wildman–Crippen MR) is 33.9 cm³/mol. The molecule has 0 aliphatic carbocycles. The van der Waals surface area contributed by atoms with Gasteiger partial charge in [0.25, 0.3) is 0 Å². The Kier molecular flexibility index (Phi) is 14.4. The maximum Gasteiger partial charge on any atom is 0.303 e. The van der Waals surface area contributed by atoms with Crippen LogP contribution in [0.15, 0.2) is 0 Å². The Morgan fingerprint density at radius 1 is 1.17 bits per heavy atom. The average Bonchev–Trinajstić information content (AvgIpc) is 1.41. The first kappa shape index (κ1) is 9.61. The molecular weight excluding hydrogens is 112 g/mol. The number of hydrogen-bond acceptors (Lipinski definition) is 2. The lowest BCUT2D eigenvalue weighted by Gasteiger charge is -1.86. The lowest BCUT2D eigenvalue weighted by atomic mass is 11.8. The third-order valence-electron chi connectivity index (χ3n) is 0.236. The highest BCUT2D eigenvalue weighted by molar-refractivity contribution is 6.17. The number of hydrogen-bond donors (Lipinski definition) is 0. The molecule has 0 unspecified atom stereocenters. The van der Waals surface area contributed by atoms with Crippen molar-refractivity contribution in [1.82, 2.24) is 0 Å². The van der Waals surface area contributed by atoms with E-state index >= 15 is 0 Å². The van der Waals surface area contributed by atoms with Crippen LogP contribution in [0, 0.1) is 0 Å². The van der Waals surface area contributed by atoms with Crippen molar-refractivity contribution in [2.24, 2.45) is 0 Å². The Labute approximate surface area is 44.9 Å². The van der Waals surface area contributed by atoms with E-state index in [-0.39, 0.29) is 11.0 Å². The quantitative estimate of drug-likeness (QED) is 0.390. The van der Waals surface area contributed by atoms with E-state index in [0.717, 1.165) is 0 Å². The molecule has 0 aromatic rings. The molecule has 0 rings (SSSR count). The van der Waals surface area contributed by atoms with Crippen molar-refractivity contribution in [3.05, 3.63) is 0 Å². The van der Waals surface area contributed by atoms with Crippen molar-refractivity contribution in [2.75, 3.05) is 14.2 Å². The normalized spacial score (nSPS) is 7.00. The molecule has 0 atom stereocenters. The SMILES string of the molecule is CO[SiH2]OC.[SiH4]. The summed E-state index contributed by atoms with van der Waals surface area (Å²) in [6, 6.07) is 0. The highest BCUT2D eigenvalue weighted by atomic mass is 28.3. The standard InChI is InChI=1S/C2H8O2Si.H4Si/c1-3-5-4-2;/h5H2,1-2H3;1H4. The first-order chi connectivity index (χ1) is 2.41. The topological polar surface area (TPSA) is 18.5 Å². The van der Waals surface area contributed by atoms with Gasteiger partial charge in [0.2, 0.25) is 0 Å². The van der Waals surface area contributed by atoms with Gasteiger partial charge in [0.1, 0.15) is 0 Å². The van der Waals surface area contributed by atoms with E-state index in [1.165, 1.54) is 0 Å². The molecule has 0 heterocycles. The van der Waals surface area contributed by atoms with Crippen molar-refractivity contribution >= 4 is 21.0 Å². The van der Waals surface area contributed by atoms with E-state index in [9.17, 15) is 0 Å². The van der Waals surface area contributed by atoms with Crippen LogP contribution in [0.5, 0.6) is 0 Å². The zero-order valence-electron chi connectivity index (χ0n) is 3.52. The monoisotopic (exact) mass is 124 g/mol. The van der Waals surface area contributed by atoms with Crippen LogP contribution < -0.4 is 0 Å². The van der Waals surface area contributed by atoms with Crippen LogP contribution in [0.25, 0.3) is 0 Å². The summed E-state index contributed by atoms with van der Waals surface area (Å²) in [5.41, 5.74) is 0. The van der Waals surface area contributed by atoms with E-state index in [0.29, 0.717) is 0 Å². The van der Waals surface area contributed by atoms with Gasteiger partial charge in [0.15, 0.2) is 0 Å². The van der Waals surface area contributed by atoms with Crippen LogP contribution in [0.4, 0.5) is 0 Å². The fraction of sp³-hybridized carbons (Fsp3) is 1.00. The zero-order chi connectivity index (χ0) is 4.12.